The summed E-state index contributed by atoms with van der Waals surface area (Å²) in [5, 5.41) is 10.5. The van der Waals surface area contributed by atoms with Gasteiger partial charge in [-0.05, 0) is 23.8 Å². The van der Waals surface area contributed by atoms with Gasteiger partial charge in [0.05, 0.1) is 13.2 Å². The molecule has 0 bridgehead atoms. The summed E-state index contributed by atoms with van der Waals surface area (Å²) in [7, 11) is 0. The molecular formula is C9H8BrClO2. The summed E-state index contributed by atoms with van der Waals surface area (Å²) in [6.45, 7) is 0.694. The molecule has 0 spiro atoms. The van der Waals surface area contributed by atoms with E-state index in [0.29, 0.717) is 18.2 Å². The summed E-state index contributed by atoms with van der Waals surface area (Å²) < 4.78 is 5.83. The molecule has 1 aromatic rings. The Morgan fingerprint density at radius 2 is 2.08 bits per heavy atom. The monoisotopic (exact) mass is 262 g/mol. The molecule has 0 amide bonds. The zero-order valence-corrected chi connectivity index (χ0v) is 9.10. The van der Waals surface area contributed by atoms with Crippen molar-refractivity contribution in [2.24, 2.45) is 0 Å². The van der Waals surface area contributed by atoms with Crippen LogP contribution in [-0.2, 0) is 10.3 Å². The zero-order chi connectivity index (χ0) is 9.47. The SMILES string of the molecule is OC1(c2cc(Cl)cc(Br)c2)COC1. The molecule has 1 aromatic carbocycles. The highest BCUT2D eigenvalue weighted by Crippen LogP contribution is 2.32. The summed E-state index contributed by atoms with van der Waals surface area (Å²) in [5.74, 6) is 0. The second kappa shape index (κ2) is 3.24. The standard InChI is InChI=1S/C9H8BrClO2/c10-7-1-6(2-8(11)3-7)9(12)4-13-5-9/h1-3,12H,4-5H2. The molecule has 2 nitrogen and oxygen atoms in total. The van der Waals surface area contributed by atoms with E-state index in [4.69, 9.17) is 16.3 Å². The molecule has 0 radical (unpaired) electrons. The molecule has 2 rings (SSSR count). The Balaban J connectivity index is 2.39. The maximum atomic E-state index is 9.93. The Labute approximate surface area is 89.6 Å². The van der Waals surface area contributed by atoms with Gasteiger partial charge in [-0.3, -0.25) is 0 Å². The number of benzene rings is 1. The predicted molar refractivity (Wildman–Crippen MR) is 53.9 cm³/mol. The van der Waals surface area contributed by atoms with E-state index in [1.54, 1.807) is 12.1 Å². The van der Waals surface area contributed by atoms with Gasteiger partial charge in [0.25, 0.3) is 0 Å². The minimum absolute atomic E-state index is 0.347. The van der Waals surface area contributed by atoms with E-state index >= 15 is 0 Å². The van der Waals surface area contributed by atoms with Gasteiger partial charge in [-0.25, -0.2) is 0 Å². The lowest BCUT2D eigenvalue weighted by atomic mass is 9.92. The van der Waals surface area contributed by atoms with Crippen LogP contribution < -0.4 is 0 Å². The fraction of sp³-hybridized carbons (Fsp3) is 0.333. The van der Waals surface area contributed by atoms with Crippen molar-refractivity contribution in [3.8, 4) is 0 Å². The third-order valence-electron chi connectivity index (χ3n) is 2.08. The first-order valence-corrected chi connectivity index (χ1v) is 5.04. The minimum atomic E-state index is -0.840. The Hall–Kier alpha value is -0.0900. The summed E-state index contributed by atoms with van der Waals surface area (Å²) in [6.07, 6.45) is 0. The first-order valence-electron chi connectivity index (χ1n) is 3.87. The summed E-state index contributed by atoms with van der Waals surface area (Å²) in [6, 6.07) is 5.40. The number of hydrogen-bond acceptors (Lipinski definition) is 2. The van der Waals surface area contributed by atoms with Crippen LogP contribution in [0.2, 0.25) is 5.02 Å². The van der Waals surface area contributed by atoms with E-state index in [2.05, 4.69) is 15.9 Å². The Morgan fingerprint density at radius 1 is 1.38 bits per heavy atom. The van der Waals surface area contributed by atoms with Crippen LogP contribution in [0.3, 0.4) is 0 Å². The molecule has 1 aliphatic rings. The number of hydrogen-bond donors (Lipinski definition) is 1. The van der Waals surface area contributed by atoms with Crippen molar-refractivity contribution in [1.29, 1.82) is 0 Å². The highest BCUT2D eigenvalue weighted by atomic mass is 79.9. The van der Waals surface area contributed by atoms with E-state index in [1.165, 1.54) is 0 Å². The van der Waals surface area contributed by atoms with Gasteiger partial charge in [0.2, 0.25) is 0 Å². The van der Waals surface area contributed by atoms with E-state index in [1.807, 2.05) is 6.07 Å². The van der Waals surface area contributed by atoms with Crippen LogP contribution in [0.5, 0.6) is 0 Å². The normalized spacial score (nSPS) is 19.6. The van der Waals surface area contributed by atoms with Gasteiger partial charge in [-0.1, -0.05) is 27.5 Å². The average Bonchev–Trinajstić information content (AvgIpc) is 1.98. The van der Waals surface area contributed by atoms with Crippen molar-refractivity contribution >= 4 is 27.5 Å². The lowest BCUT2D eigenvalue weighted by Gasteiger charge is -2.36. The average molecular weight is 264 g/mol. The van der Waals surface area contributed by atoms with Crippen LogP contribution in [0.4, 0.5) is 0 Å². The number of halogens is 2. The quantitative estimate of drug-likeness (QED) is 0.842. The highest BCUT2D eigenvalue weighted by molar-refractivity contribution is 9.10. The third kappa shape index (κ3) is 1.74. The molecule has 0 atom stereocenters. The molecule has 1 saturated heterocycles. The fourth-order valence-corrected chi connectivity index (χ4v) is 2.14. The Morgan fingerprint density at radius 3 is 2.54 bits per heavy atom. The van der Waals surface area contributed by atoms with Gasteiger partial charge in [0.1, 0.15) is 5.60 Å². The lowest BCUT2D eigenvalue weighted by Crippen LogP contribution is -2.46. The van der Waals surface area contributed by atoms with Crippen LogP contribution in [-0.4, -0.2) is 18.3 Å². The maximum absolute atomic E-state index is 9.93. The summed E-state index contributed by atoms with van der Waals surface area (Å²) in [4.78, 5) is 0. The van der Waals surface area contributed by atoms with Crippen LogP contribution in [0.15, 0.2) is 22.7 Å². The van der Waals surface area contributed by atoms with Crippen molar-refractivity contribution in [3.05, 3.63) is 33.3 Å². The second-order valence-electron chi connectivity index (χ2n) is 3.18. The van der Waals surface area contributed by atoms with E-state index < -0.39 is 5.60 Å². The zero-order valence-electron chi connectivity index (χ0n) is 6.76. The largest absolute Gasteiger partial charge is 0.380 e. The van der Waals surface area contributed by atoms with Crippen molar-refractivity contribution in [3.63, 3.8) is 0 Å². The molecule has 4 heteroatoms. The molecule has 1 aliphatic heterocycles. The van der Waals surface area contributed by atoms with Gasteiger partial charge in [-0.2, -0.15) is 0 Å². The minimum Gasteiger partial charge on any atom is -0.380 e. The topological polar surface area (TPSA) is 29.5 Å². The molecular weight excluding hydrogens is 255 g/mol. The van der Waals surface area contributed by atoms with Crippen molar-refractivity contribution in [1.82, 2.24) is 0 Å². The van der Waals surface area contributed by atoms with Crippen LogP contribution in [0.25, 0.3) is 0 Å². The number of rotatable bonds is 1. The smallest absolute Gasteiger partial charge is 0.136 e. The molecule has 1 heterocycles. The van der Waals surface area contributed by atoms with Crippen molar-refractivity contribution in [2.45, 2.75) is 5.60 Å². The van der Waals surface area contributed by atoms with E-state index in [0.717, 1.165) is 10.0 Å². The molecule has 1 fully saturated rings. The van der Waals surface area contributed by atoms with E-state index in [-0.39, 0.29) is 0 Å². The highest BCUT2D eigenvalue weighted by Gasteiger charge is 2.38. The third-order valence-corrected chi connectivity index (χ3v) is 2.76. The van der Waals surface area contributed by atoms with Gasteiger partial charge >= 0.3 is 0 Å². The van der Waals surface area contributed by atoms with Gasteiger partial charge in [0.15, 0.2) is 0 Å². The van der Waals surface area contributed by atoms with Crippen LogP contribution in [0, 0.1) is 0 Å². The summed E-state index contributed by atoms with van der Waals surface area (Å²) >= 11 is 9.18. The number of aliphatic hydroxyl groups is 1. The summed E-state index contributed by atoms with van der Waals surface area (Å²) in [5.41, 5.74) is -0.0360. The lowest BCUT2D eigenvalue weighted by molar-refractivity contribution is -0.184. The van der Waals surface area contributed by atoms with E-state index in [9.17, 15) is 5.11 Å². The first-order chi connectivity index (χ1) is 6.10. The van der Waals surface area contributed by atoms with Gasteiger partial charge in [-0.15, -0.1) is 0 Å². The molecule has 13 heavy (non-hydrogen) atoms. The maximum Gasteiger partial charge on any atom is 0.136 e. The molecule has 0 aliphatic carbocycles. The van der Waals surface area contributed by atoms with Crippen LogP contribution >= 0.6 is 27.5 Å². The van der Waals surface area contributed by atoms with Gasteiger partial charge in [0, 0.05) is 9.50 Å². The molecule has 1 N–H and O–H groups in total. The van der Waals surface area contributed by atoms with Crippen molar-refractivity contribution < 1.29 is 9.84 Å². The first kappa shape index (κ1) is 9.46. The van der Waals surface area contributed by atoms with Gasteiger partial charge < -0.3 is 9.84 Å². The van der Waals surface area contributed by atoms with Crippen molar-refractivity contribution in [2.75, 3.05) is 13.2 Å². The fourth-order valence-electron chi connectivity index (χ4n) is 1.28. The second-order valence-corrected chi connectivity index (χ2v) is 4.53. The Kier molecular flexibility index (Phi) is 2.36. The number of ether oxygens (including phenoxy) is 1. The molecule has 0 unspecified atom stereocenters. The Bertz CT molecular complexity index is 316. The molecule has 70 valence electrons. The van der Waals surface area contributed by atoms with Crippen LogP contribution in [0.1, 0.15) is 5.56 Å². The molecule has 0 saturated carbocycles. The predicted octanol–water partition coefficient (Wildman–Crippen LogP) is 2.32. The molecule has 0 aromatic heterocycles.